The van der Waals surface area contributed by atoms with Gasteiger partial charge >= 0.3 is 8.80 Å². The van der Waals surface area contributed by atoms with Crippen molar-refractivity contribution in [3.63, 3.8) is 0 Å². The van der Waals surface area contributed by atoms with Crippen LogP contribution in [0.3, 0.4) is 0 Å². The number of hydrogen-bond acceptors (Lipinski definition) is 3. The third-order valence-corrected chi connectivity index (χ3v) is 4.21. The molecule has 0 spiro atoms. The molecule has 0 atom stereocenters. The van der Waals surface area contributed by atoms with Crippen molar-refractivity contribution in [1.82, 2.24) is 0 Å². The van der Waals surface area contributed by atoms with E-state index in [9.17, 15) is 0 Å². The Morgan fingerprint density at radius 1 is 1.25 bits per heavy atom. The number of hydrogen-bond donors (Lipinski definition) is 0. The molecule has 4 heteroatoms. The Kier molecular flexibility index (Phi) is 3.94. The van der Waals surface area contributed by atoms with Crippen molar-refractivity contribution < 1.29 is 13.3 Å². The van der Waals surface area contributed by atoms with Crippen LogP contribution in [0.25, 0.3) is 0 Å². The highest BCUT2D eigenvalue weighted by atomic mass is 28.4. The van der Waals surface area contributed by atoms with Gasteiger partial charge in [-0.25, -0.2) is 0 Å². The maximum absolute atomic E-state index is 5.55. The van der Waals surface area contributed by atoms with Gasteiger partial charge in [0.1, 0.15) is 0 Å². The molecule has 0 radical (unpaired) electrons. The third kappa shape index (κ3) is 2.41. The minimum Gasteiger partial charge on any atom is -0.374 e. The third-order valence-electron chi connectivity index (χ3n) is 1.93. The summed E-state index contributed by atoms with van der Waals surface area (Å²) in [6.45, 7) is 5.14. The van der Waals surface area contributed by atoms with Gasteiger partial charge in [0.05, 0.1) is 0 Å². The van der Waals surface area contributed by atoms with Crippen molar-refractivity contribution in [2.75, 3.05) is 20.3 Å². The molecule has 1 rings (SSSR count). The fourth-order valence-electron chi connectivity index (χ4n) is 1.17. The molecule has 1 heterocycles. The van der Waals surface area contributed by atoms with Gasteiger partial charge in [0.2, 0.25) is 0 Å². The van der Waals surface area contributed by atoms with E-state index in [2.05, 4.69) is 6.58 Å². The highest BCUT2D eigenvalue weighted by molar-refractivity contribution is 6.66. The molecule has 0 bridgehead atoms. The Hall–Kier alpha value is -0.163. The lowest BCUT2D eigenvalue weighted by Crippen LogP contribution is -2.44. The second-order valence-electron chi connectivity index (χ2n) is 2.77. The summed E-state index contributed by atoms with van der Waals surface area (Å²) in [4.78, 5) is 0. The summed E-state index contributed by atoms with van der Waals surface area (Å²) in [5, 5.41) is 0. The molecule has 1 fully saturated rings. The fraction of sp³-hybridized carbons (Fsp3) is 0.750. The van der Waals surface area contributed by atoms with Gasteiger partial charge < -0.3 is 13.3 Å². The van der Waals surface area contributed by atoms with E-state index in [0.717, 1.165) is 26.1 Å². The molecule has 3 nitrogen and oxygen atoms in total. The van der Waals surface area contributed by atoms with E-state index in [1.54, 1.807) is 12.8 Å². The maximum atomic E-state index is 5.55. The van der Waals surface area contributed by atoms with Crippen LogP contribution in [0.4, 0.5) is 0 Å². The molecule has 1 saturated heterocycles. The Bertz CT molecular complexity index is 141. The zero-order chi connectivity index (χ0) is 8.86. The molecule has 1 aliphatic heterocycles. The molecular weight excluding hydrogens is 172 g/mol. The van der Waals surface area contributed by atoms with Gasteiger partial charge in [-0.05, 0) is 25.0 Å². The molecule has 0 aromatic rings. The molecule has 0 aromatic heterocycles. The van der Waals surface area contributed by atoms with E-state index in [-0.39, 0.29) is 0 Å². The zero-order valence-corrected chi connectivity index (χ0v) is 8.54. The summed E-state index contributed by atoms with van der Waals surface area (Å²) in [6, 6.07) is 0. The van der Waals surface area contributed by atoms with Crippen molar-refractivity contribution >= 4 is 8.80 Å². The van der Waals surface area contributed by atoms with E-state index in [1.807, 2.05) is 0 Å². The lowest BCUT2D eigenvalue weighted by atomic mass is 10.2. The van der Waals surface area contributed by atoms with Crippen LogP contribution in [0.5, 0.6) is 0 Å². The van der Waals surface area contributed by atoms with E-state index in [0.29, 0.717) is 0 Å². The second-order valence-corrected chi connectivity index (χ2v) is 5.37. The second kappa shape index (κ2) is 4.76. The number of rotatable bonds is 2. The first-order valence-corrected chi connectivity index (χ1v) is 6.10. The van der Waals surface area contributed by atoms with Gasteiger partial charge in [0.25, 0.3) is 0 Å². The van der Waals surface area contributed by atoms with E-state index < -0.39 is 8.80 Å². The molecule has 1 aliphatic rings. The standard InChI is InChI=1S/C8H16O3Si/c1-3-12(9-2)10-7-5-4-6-8-11-12/h3H,1,4-8H2,2H3. The Morgan fingerprint density at radius 3 is 2.25 bits per heavy atom. The first-order chi connectivity index (χ1) is 5.83. The monoisotopic (exact) mass is 188 g/mol. The van der Waals surface area contributed by atoms with Crippen molar-refractivity contribution in [3.05, 3.63) is 12.3 Å². The summed E-state index contributed by atoms with van der Waals surface area (Å²) in [5.74, 6) is 0. The molecule has 0 unspecified atom stereocenters. The summed E-state index contributed by atoms with van der Waals surface area (Å²) >= 11 is 0. The average Bonchev–Trinajstić information content (AvgIpc) is 2.06. The SMILES string of the molecule is C=C[Si]1(OC)OCCCCCO1. The minimum absolute atomic E-state index is 0.728. The smallest absolute Gasteiger partial charge is 0.374 e. The fourth-order valence-corrected chi connectivity index (χ4v) is 2.75. The first-order valence-electron chi connectivity index (χ1n) is 4.29. The zero-order valence-electron chi connectivity index (χ0n) is 7.54. The van der Waals surface area contributed by atoms with Crippen LogP contribution in [0, 0.1) is 0 Å². The van der Waals surface area contributed by atoms with Crippen molar-refractivity contribution in [2.24, 2.45) is 0 Å². The highest BCUT2D eigenvalue weighted by Crippen LogP contribution is 2.14. The van der Waals surface area contributed by atoms with Gasteiger partial charge in [-0.1, -0.05) is 6.58 Å². The van der Waals surface area contributed by atoms with Gasteiger partial charge in [-0.3, -0.25) is 0 Å². The van der Waals surface area contributed by atoms with Crippen LogP contribution in [-0.4, -0.2) is 29.1 Å². The van der Waals surface area contributed by atoms with Crippen molar-refractivity contribution in [3.8, 4) is 0 Å². The van der Waals surface area contributed by atoms with Crippen LogP contribution in [0.1, 0.15) is 19.3 Å². The molecule has 12 heavy (non-hydrogen) atoms. The Labute approximate surface area is 74.7 Å². The van der Waals surface area contributed by atoms with Crippen molar-refractivity contribution in [2.45, 2.75) is 19.3 Å². The first kappa shape index (κ1) is 9.92. The molecule has 0 aliphatic carbocycles. The molecule has 0 amide bonds. The van der Waals surface area contributed by atoms with Crippen LogP contribution < -0.4 is 0 Å². The van der Waals surface area contributed by atoms with Crippen molar-refractivity contribution in [1.29, 1.82) is 0 Å². The summed E-state index contributed by atoms with van der Waals surface area (Å²) in [6.07, 6.45) is 3.36. The predicted octanol–water partition coefficient (Wildman–Crippen LogP) is 1.51. The normalized spacial score (nSPS) is 24.1. The van der Waals surface area contributed by atoms with Crippen LogP contribution in [-0.2, 0) is 13.3 Å². The molecule has 0 saturated carbocycles. The summed E-state index contributed by atoms with van der Waals surface area (Å²) < 4.78 is 16.3. The lowest BCUT2D eigenvalue weighted by molar-refractivity contribution is 0.0750. The van der Waals surface area contributed by atoms with Gasteiger partial charge in [0.15, 0.2) is 0 Å². The highest BCUT2D eigenvalue weighted by Gasteiger charge is 2.36. The van der Waals surface area contributed by atoms with Crippen LogP contribution >= 0.6 is 0 Å². The van der Waals surface area contributed by atoms with E-state index in [1.165, 1.54) is 6.42 Å². The van der Waals surface area contributed by atoms with Gasteiger partial charge in [-0.2, -0.15) is 0 Å². The van der Waals surface area contributed by atoms with Crippen LogP contribution in [0.2, 0.25) is 0 Å². The molecule has 0 N–H and O–H groups in total. The molecule has 70 valence electrons. The van der Waals surface area contributed by atoms with E-state index >= 15 is 0 Å². The minimum atomic E-state index is -2.45. The predicted molar refractivity (Wildman–Crippen MR) is 48.7 cm³/mol. The maximum Gasteiger partial charge on any atom is 0.528 e. The Morgan fingerprint density at radius 2 is 1.83 bits per heavy atom. The molecular formula is C8H16O3Si. The summed E-state index contributed by atoms with van der Waals surface area (Å²) in [7, 11) is -0.829. The quantitative estimate of drug-likeness (QED) is 0.615. The van der Waals surface area contributed by atoms with Gasteiger partial charge in [-0.15, -0.1) is 0 Å². The van der Waals surface area contributed by atoms with E-state index in [4.69, 9.17) is 13.3 Å². The topological polar surface area (TPSA) is 27.7 Å². The lowest BCUT2D eigenvalue weighted by Gasteiger charge is -2.26. The van der Waals surface area contributed by atoms with Gasteiger partial charge in [0, 0.05) is 20.3 Å². The average molecular weight is 188 g/mol. The Balaban J connectivity index is 2.51. The largest absolute Gasteiger partial charge is 0.528 e. The van der Waals surface area contributed by atoms with Crippen LogP contribution in [0.15, 0.2) is 12.3 Å². The molecule has 0 aromatic carbocycles. The summed E-state index contributed by atoms with van der Waals surface area (Å²) in [5.41, 5.74) is 1.69.